The highest BCUT2D eigenvalue weighted by atomic mass is 16.3. The first-order valence-electron chi connectivity index (χ1n) is 12.1. The topological polar surface area (TPSA) is 65.4 Å². The van der Waals surface area contributed by atoms with Gasteiger partial charge in [-0.2, -0.15) is 0 Å². The Balaban J connectivity index is 1.51. The van der Waals surface area contributed by atoms with Gasteiger partial charge in [-0.1, -0.05) is 19.1 Å². The average molecular weight is 413 g/mol. The van der Waals surface area contributed by atoms with Gasteiger partial charge < -0.3 is 15.5 Å². The Hall–Kier alpha value is -1.23. The van der Waals surface area contributed by atoms with E-state index < -0.39 is 0 Å². The van der Waals surface area contributed by atoms with Gasteiger partial charge in [0, 0.05) is 25.5 Å². The van der Waals surface area contributed by atoms with E-state index in [9.17, 15) is 10.2 Å². The molecule has 3 aliphatic carbocycles. The Bertz CT molecular complexity index is 708. The van der Waals surface area contributed by atoms with Gasteiger partial charge in [0.25, 0.3) is 0 Å². The van der Waals surface area contributed by atoms with Crippen LogP contribution in [0.5, 0.6) is 0 Å². The van der Waals surface area contributed by atoms with Crippen molar-refractivity contribution in [3.8, 4) is 0 Å². The van der Waals surface area contributed by atoms with Crippen LogP contribution < -0.4 is 5.32 Å². The van der Waals surface area contributed by atoms with Crippen molar-refractivity contribution in [3.05, 3.63) is 42.2 Å². The minimum absolute atomic E-state index is 0.211. The van der Waals surface area contributed by atoms with Crippen LogP contribution >= 0.6 is 0 Å². The first-order chi connectivity index (χ1) is 14.5. The van der Waals surface area contributed by atoms with Crippen LogP contribution in [0.3, 0.4) is 0 Å². The molecular formula is C26H40N2O2. The summed E-state index contributed by atoms with van der Waals surface area (Å²) in [7, 11) is 0. The predicted octanol–water partition coefficient (Wildman–Crippen LogP) is 4.33. The van der Waals surface area contributed by atoms with Crippen LogP contribution in [0.1, 0.15) is 63.9 Å². The standard InChI is InChI=1S/C26H40N2O2/c1-18-3-6-25-24(16-28-15-19-8-11-27-12-9-19)23(7-10-26(18,25)2)21-4-5-22(30)14-20(13-21)17-29/h8-9,11-12,20-25,28-30H,1,3-7,10,13-17H2,2H3/t20-,21-,22+,23-,24-,25+,26-/m1/s1. The third-order valence-corrected chi connectivity index (χ3v) is 8.88. The smallest absolute Gasteiger partial charge is 0.0543 e. The maximum absolute atomic E-state index is 10.3. The van der Waals surface area contributed by atoms with Crippen LogP contribution in [-0.2, 0) is 6.54 Å². The van der Waals surface area contributed by atoms with Crippen molar-refractivity contribution in [2.75, 3.05) is 13.2 Å². The minimum Gasteiger partial charge on any atom is -0.396 e. The van der Waals surface area contributed by atoms with Crippen LogP contribution in [0.4, 0.5) is 0 Å². The molecule has 4 nitrogen and oxygen atoms in total. The monoisotopic (exact) mass is 412 g/mol. The zero-order valence-electron chi connectivity index (χ0n) is 18.6. The van der Waals surface area contributed by atoms with Crippen molar-refractivity contribution in [1.29, 1.82) is 0 Å². The number of allylic oxidation sites excluding steroid dienone is 1. The van der Waals surface area contributed by atoms with E-state index in [4.69, 9.17) is 0 Å². The van der Waals surface area contributed by atoms with Gasteiger partial charge in [-0.25, -0.2) is 0 Å². The molecule has 0 saturated heterocycles. The van der Waals surface area contributed by atoms with Crippen molar-refractivity contribution in [1.82, 2.24) is 10.3 Å². The molecule has 0 aromatic carbocycles. The SMILES string of the molecule is C=C1CC[C@H]2[C@H](CNCc3ccncc3)[C@@H]([C@@H]3CC[C@H](O)C[C@H](CO)C3)CC[C@]12C. The van der Waals surface area contributed by atoms with Gasteiger partial charge in [-0.15, -0.1) is 0 Å². The molecule has 0 spiro atoms. The summed E-state index contributed by atoms with van der Waals surface area (Å²) in [5.74, 6) is 2.90. The van der Waals surface area contributed by atoms with E-state index in [1.165, 1.54) is 36.8 Å². The van der Waals surface area contributed by atoms with E-state index in [-0.39, 0.29) is 18.6 Å². The molecular weight excluding hydrogens is 372 g/mol. The number of nitrogens with zero attached hydrogens (tertiary/aromatic N) is 1. The molecule has 0 unspecified atom stereocenters. The highest BCUT2D eigenvalue weighted by Crippen LogP contribution is 2.60. The largest absolute Gasteiger partial charge is 0.396 e. The summed E-state index contributed by atoms with van der Waals surface area (Å²) < 4.78 is 0. The van der Waals surface area contributed by atoms with Gasteiger partial charge >= 0.3 is 0 Å². The van der Waals surface area contributed by atoms with Gasteiger partial charge in [0.2, 0.25) is 0 Å². The Morgan fingerprint density at radius 1 is 1.17 bits per heavy atom. The first kappa shape index (κ1) is 22.0. The van der Waals surface area contributed by atoms with Crippen molar-refractivity contribution in [3.63, 3.8) is 0 Å². The lowest BCUT2D eigenvalue weighted by Gasteiger charge is -2.49. The van der Waals surface area contributed by atoms with Crippen molar-refractivity contribution >= 4 is 0 Å². The van der Waals surface area contributed by atoms with E-state index in [1.807, 2.05) is 12.4 Å². The Morgan fingerprint density at radius 2 is 1.97 bits per heavy atom. The maximum Gasteiger partial charge on any atom is 0.0543 e. The summed E-state index contributed by atoms with van der Waals surface area (Å²) in [5.41, 5.74) is 3.05. The van der Waals surface area contributed by atoms with Gasteiger partial charge in [0.15, 0.2) is 0 Å². The van der Waals surface area contributed by atoms with Crippen molar-refractivity contribution in [2.45, 2.75) is 70.9 Å². The molecule has 7 atom stereocenters. The first-order valence-corrected chi connectivity index (χ1v) is 12.1. The number of aromatic nitrogens is 1. The number of rotatable bonds is 6. The lowest BCUT2D eigenvalue weighted by atomic mass is 9.56. The zero-order valence-corrected chi connectivity index (χ0v) is 18.6. The second-order valence-electron chi connectivity index (χ2n) is 10.5. The van der Waals surface area contributed by atoms with Crippen LogP contribution in [0.15, 0.2) is 36.7 Å². The molecule has 1 aromatic rings. The van der Waals surface area contributed by atoms with Crippen LogP contribution in [0, 0.1) is 35.0 Å². The second-order valence-corrected chi connectivity index (χ2v) is 10.5. The summed E-state index contributed by atoms with van der Waals surface area (Å²) >= 11 is 0. The molecule has 166 valence electrons. The van der Waals surface area contributed by atoms with Crippen LogP contribution in [0.25, 0.3) is 0 Å². The Morgan fingerprint density at radius 3 is 2.73 bits per heavy atom. The molecule has 0 aliphatic heterocycles. The van der Waals surface area contributed by atoms with E-state index in [1.54, 1.807) is 0 Å². The fraction of sp³-hybridized carbons (Fsp3) is 0.731. The number of aliphatic hydroxyl groups excluding tert-OH is 2. The summed E-state index contributed by atoms with van der Waals surface area (Å²) in [6, 6.07) is 4.18. The van der Waals surface area contributed by atoms with Crippen LogP contribution in [0.2, 0.25) is 0 Å². The summed E-state index contributed by atoms with van der Waals surface area (Å²) in [4.78, 5) is 4.13. The van der Waals surface area contributed by atoms with Crippen molar-refractivity contribution in [2.24, 2.45) is 35.0 Å². The molecule has 4 rings (SSSR count). The van der Waals surface area contributed by atoms with Crippen molar-refractivity contribution < 1.29 is 10.2 Å². The molecule has 4 heteroatoms. The highest BCUT2D eigenvalue weighted by Gasteiger charge is 2.52. The Labute approximate surface area is 182 Å². The molecule has 3 aliphatic rings. The van der Waals surface area contributed by atoms with Gasteiger partial charge in [0.1, 0.15) is 0 Å². The molecule has 30 heavy (non-hydrogen) atoms. The fourth-order valence-corrected chi connectivity index (χ4v) is 7.08. The molecule has 3 N–H and O–H groups in total. The normalized spacial score (nSPS) is 39.5. The number of nitrogens with one attached hydrogen (secondary N) is 1. The molecule has 1 heterocycles. The van der Waals surface area contributed by atoms with E-state index in [0.717, 1.165) is 38.8 Å². The maximum atomic E-state index is 10.3. The van der Waals surface area contributed by atoms with E-state index in [0.29, 0.717) is 29.1 Å². The summed E-state index contributed by atoms with van der Waals surface area (Å²) in [6.45, 7) is 9.08. The van der Waals surface area contributed by atoms with E-state index in [2.05, 4.69) is 35.9 Å². The molecule has 3 fully saturated rings. The Kier molecular flexibility index (Phi) is 6.96. The summed E-state index contributed by atoms with van der Waals surface area (Å²) in [6.07, 6.45) is 12.3. The van der Waals surface area contributed by atoms with Gasteiger partial charge in [0.05, 0.1) is 6.10 Å². The zero-order chi connectivity index (χ0) is 21.1. The quantitative estimate of drug-likeness (QED) is 0.481. The van der Waals surface area contributed by atoms with E-state index >= 15 is 0 Å². The molecule has 1 aromatic heterocycles. The number of aliphatic hydroxyl groups is 2. The minimum atomic E-state index is -0.240. The fourth-order valence-electron chi connectivity index (χ4n) is 7.08. The van der Waals surface area contributed by atoms with Crippen LogP contribution in [-0.4, -0.2) is 34.5 Å². The third kappa shape index (κ3) is 4.51. The number of hydrogen-bond donors (Lipinski definition) is 3. The predicted molar refractivity (Wildman–Crippen MR) is 121 cm³/mol. The molecule has 0 amide bonds. The average Bonchev–Trinajstić information content (AvgIpc) is 2.93. The third-order valence-electron chi connectivity index (χ3n) is 8.88. The molecule has 0 radical (unpaired) electrons. The molecule has 3 saturated carbocycles. The second kappa shape index (κ2) is 9.50. The lowest BCUT2D eigenvalue weighted by molar-refractivity contribution is 0.0190. The van der Waals surface area contributed by atoms with Gasteiger partial charge in [-0.3, -0.25) is 4.98 Å². The lowest BCUT2D eigenvalue weighted by Crippen LogP contribution is -2.46. The number of fused-ring (bicyclic) bond motifs is 1. The van der Waals surface area contributed by atoms with Gasteiger partial charge in [-0.05, 0) is 111 Å². The molecule has 0 bridgehead atoms. The summed E-state index contributed by atoms with van der Waals surface area (Å²) in [5, 5.41) is 24.0. The number of hydrogen-bond acceptors (Lipinski definition) is 4. The highest BCUT2D eigenvalue weighted by molar-refractivity contribution is 5.20. The number of pyridine rings is 1.